The van der Waals surface area contributed by atoms with Crippen LogP contribution in [0.5, 0.6) is 0 Å². The van der Waals surface area contributed by atoms with E-state index in [4.69, 9.17) is 0 Å². The van der Waals surface area contributed by atoms with Crippen LogP contribution >= 0.6 is 0 Å². The van der Waals surface area contributed by atoms with Gasteiger partial charge in [-0.2, -0.15) is 0 Å². The third kappa shape index (κ3) is 8.09. The predicted octanol–water partition coefficient (Wildman–Crippen LogP) is 4.45. The molecule has 0 fully saturated rings. The normalized spacial score (nSPS) is 10.3. The summed E-state index contributed by atoms with van der Waals surface area (Å²) in [6, 6.07) is 23.9. The second kappa shape index (κ2) is 12.8. The van der Waals surface area contributed by atoms with E-state index in [-0.39, 0.29) is 24.3 Å². The van der Waals surface area contributed by atoms with Crippen molar-refractivity contribution in [3.63, 3.8) is 0 Å². The van der Waals surface area contributed by atoms with Crippen LogP contribution in [0.1, 0.15) is 35.7 Å². The number of rotatable bonds is 11. The van der Waals surface area contributed by atoms with E-state index in [0.717, 1.165) is 12.0 Å². The molecule has 0 bridgehead atoms. The molecule has 3 aromatic rings. The number of aryl methyl sites for hydroxylation is 1. The number of hydrogen-bond donors (Lipinski definition) is 4. The van der Waals surface area contributed by atoms with E-state index in [1.807, 2.05) is 37.3 Å². The second-order valence-electron chi connectivity index (χ2n) is 7.85. The van der Waals surface area contributed by atoms with Gasteiger partial charge in [0, 0.05) is 35.6 Å². The first-order chi connectivity index (χ1) is 16.5. The van der Waals surface area contributed by atoms with Crippen LogP contribution in [0, 0.1) is 0 Å². The zero-order valence-corrected chi connectivity index (χ0v) is 19.3. The Labute approximate surface area is 200 Å². The lowest BCUT2D eigenvalue weighted by Gasteiger charge is -2.10. The van der Waals surface area contributed by atoms with Crippen molar-refractivity contribution in [1.29, 1.82) is 0 Å². The van der Waals surface area contributed by atoms with Gasteiger partial charge in [0.25, 0.3) is 5.91 Å². The maximum atomic E-state index is 12.3. The second-order valence-corrected chi connectivity index (χ2v) is 7.85. The smallest absolute Gasteiger partial charge is 0.251 e. The SMILES string of the molecule is CCCNC(=O)c1cccc(NCC(=O)Nc2ccc(NC(=O)CCc3ccccc3)cc2)c1. The summed E-state index contributed by atoms with van der Waals surface area (Å²) < 4.78 is 0. The van der Waals surface area contributed by atoms with Crippen LogP contribution in [0.25, 0.3) is 0 Å². The van der Waals surface area contributed by atoms with E-state index >= 15 is 0 Å². The quantitative estimate of drug-likeness (QED) is 0.341. The Kier molecular flexibility index (Phi) is 9.22. The number of carbonyl (C=O) groups is 3. The summed E-state index contributed by atoms with van der Waals surface area (Å²) in [4.78, 5) is 36.6. The van der Waals surface area contributed by atoms with Gasteiger partial charge in [0.15, 0.2) is 0 Å². The molecule has 176 valence electrons. The highest BCUT2D eigenvalue weighted by Crippen LogP contribution is 2.15. The lowest BCUT2D eigenvalue weighted by atomic mass is 10.1. The van der Waals surface area contributed by atoms with Crippen LogP contribution in [-0.2, 0) is 16.0 Å². The van der Waals surface area contributed by atoms with E-state index in [2.05, 4.69) is 21.3 Å². The van der Waals surface area contributed by atoms with E-state index in [0.29, 0.717) is 42.0 Å². The molecule has 3 amide bonds. The minimum absolute atomic E-state index is 0.0536. The first kappa shape index (κ1) is 24.5. The summed E-state index contributed by atoms with van der Waals surface area (Å²) in [5.74, 6) is -0.418. The Hall–Kier alpha value is -4.13. The van der Waals surface area contributed by atoms with Crippen molar-refractivity contribution >= 4 is 34.8 Å². The first-order valence-electron chi connectivity index (χ1n) is 11.4. The van der Waals surface area contributed by atoms with Crippen LogP contribution in [0.2, 0.25) is 0 Å². The maximum absolute atomic E-state index is 12.3. The van der Waals surface area contributed by atoms with Gasteiger partial charge in [-0.3, -0.25) is 14.4 Å². The van der Waals surface area contributed by atoms with Gasteiger partial charge in [0.2, 0.25) is 11.8 Å². The third-order valence-corrected chi connectivity index (χ3v) is 5.05. The topological polar surface area (TPSA) is 99.3 Å². The molecule has 0 aliphatic rings. The standard InChI is InChI=1S/C27H30N4O3/c1-2-17-28-27(34)21-9-6-10-24(18-21)29-19-26(33)31-23-14-12-22(13-15-23)30-25(32)16-11-20-7-4-3-5-8-20/h3-10,12-15,18,29H,2,11,16-17,19H2,1H3,(H,28,34)(H,30,32)(H,31,33). The molecule has 34 heavy (non-hydrogen) atoms. The molecule has 0 spiro atoms. The molecule has 0 aliphatic heterocycles. The largest absolute Gasteiger partial charge is 0.376 e. The van der Waals surface area contributed by atoms with Gasteiger partial charge in [-0.05, 0) is 60.9 Å². The summed E-state index contributed by atoms with van der Waals surface area (Å²) >= 11 is 0. The minimum Gasteiger partial charge on any atom is -0.376 e. The molecule has 0 unspecified atom stereocenters. The van der Waals surface area contributed by atoms with Gasteiger partial charge < -0.3 is 21.3 Å². The van der Waals surface area contributed by atoms with Gasteiger partial charge in [-0.25, -0.2) is 0 Å². The number of benzene rings is 3. The highest BCUT2D eigenvalue weighted by Gasteiger charge is 2.08. The van der Waals surface area contributed by atoms with Gasteiger partial charge in [-0.15, -0.1) is 0 Å². The average molecular weight is 459 g/mol. The van der Waals surface area contributed by atoms with Crippen LogP contribution in [-0.4, -0.2) is 30.8 Å². The van der Waals surface area contributed by atoms with Crippen molar-refractivity contribution in [2.45, 2.75) is 26.2 Å². The maximum Gasteiger partial charge on any atom is 0.251 e. The van der Waals surface area contributed by atoms with Gasteiger partial charge in [-0.1, -0.05) is 43.3 Å². The Morgan fingerprint density at radius 3 is 2.09 bits per heavy atom. The van der Waals surface area contributed by atoms with Crippen molar-refractivity contribution in [3.05, 3.63) is 90.0 Å². The van der Waals surface area contributed by atoms with Crippen LogP contribution < -0.4 is 21.3 Å². The molecular weight excluding hydrogens is 428 g/mol. The summed E-state index contributed by atoms with van der Waals surface area (Å²) in [7, 11) is 0. The van der Waals surface area contributed by atoms with Crippen LogP contribution in [0.4, 0.5) is 17.1 Å². The fourth-order valence-electron chi connectivity index (χ4n) is 3.26. The molecular formula is C27H30N4O3. The lowest BCUT2D eigenvalue weighted by Crippen LogP contribution is -2.24. The number of carbonyl (C=O) groups excluding carboxylic acids is 3. The first-order valence-corrected chi connectivity index (χ1v) is 11.4. The van der Waals surface area contributed by atoms with E-state index in [1.165, 1.54) is 0 Å². The molecule has 0 radical (unpaired) electrons. The summed E-state index contributed by atoms with van der Waals surface area (Å²) in [5, 5.41) is 11.5. The van der Waals surface area contributed by atoms with Crippen LogP contribution in [0.3, 0.4) is 0 Å². The average Bonchev–Trinajstić information content (AvgIpc) is 2.87. The number of hydrogen-bond acceptors (Lipinski definition) is 4. The Bertz CT molecular complexity index is 1100. The van der Waals surface area contributed by atoms with Gasteiger partial charge >= 0.3 is 0 Å². The van der Waals surface area contributed by atoms with Crippen molar-refractivity contribution < 1.29 is 14.4 Å². The molecule has 0 saturated heterocycles. The van der Waals surface area contributed by atoms with Crippen LogP contribution in [0.15, 0.2) is 78.9 Å². The van der Waals surface area contributed by atoms with E-state index < -0.39 is 0 Å². The lowest BCUT2D eigenvalue weighted by molar-refractivity contribution is -0.116. The molecule has 0 atom stereocenters. The number of nitrogens with one attached hydrogen (secondary N) is 4. The fourth-order valence-corrected chi connectivity index (χ4v) is 3.26. The zero-order valence-electron chi connectivity index (χ0n) is 19.3. The highest BCUT2D eigenvalue weighted by atomic mass is 16.2. The van der Waals surface area contributed by atoms with Crippen molar-refractivity contribution in [1.82, 2.24) is 5.32 Å². The fraction of sp³-hybridized carbons (Fsp3) is 0.222. The minimum atomic E-state index is -0.222. The van der Waals surface area contributed by atoms with Gasteiger partial charge in [0.05, 0.1) is 6.54 Å². The Morgan fingerprint density at radius 2 is 1.41 bits per heavy atom. The molecule has 3 rings (SSSR count). The van der Waals surface area contributed by atoms with Crippen molar-refractivity contribution in [3.8, 4) is 0 Å². The Morgan fingerprint density at radius 1 is 0.735 bits per heavy atom. The molecule has 0 aromatic heterocycles. The summed E-state index contributed by atoms with van der Waals surface area (Å²) in [6.07, 6.45) is 1.95. The predicted molar refractivity (Wildman–Crippen MR) is 136 cm³/mol. The molecule has 7 nitrogen and oxygen atoms in total. The van der Waals surface area contributed by atoms with Crippen molar-refractivity contribution in [2.24, 2.45) is 0 Å². The summed E-state index contributed by atoms with van der Waals surface area (Å²) in [5.41, 5.74) is 3.65. The van der Waals surface area contributed by atoms with Crippen molar-refractivity contribution in [2.75, 3.05) is 29.0 Å². The Balaban J connectivity index is 1.43. The zero-order chi connectivity index (χ0) is 24.2. The molecule has 3 aromatic carbocycles. The molecule has 0 saturated carbocycles. The third-order valence-electron chi connectivity index (χ3n) is 5.05. The number of anilines is 3. The number of amides is 3. The molecule has 7 heteroatoms. The van der Waals surface area contributed by atoms with E-state index in [1.54, 1.807) is 48.5 Å². The van der Waals surface area contributed by atoms with Gasteiger partial charge in [0.1, 0.15) is 0 Å². The monoisotopic (exact) mass is 458 g/mol. The molecule has 4 N–H and O–H groups in total. The summed E-state index contributed by atoms with van der Waals surface area (Å²) in [6.45, 7) is 2.67. The highest BCUT2D eigenvalue weighted by molar-refractivity contribution is 5.96. The van der Waals surface area contributed by atoms with E-state index in [9.17, 15) is 14.4 Å². The molecule has 0 heterocycles. The molecule has 0 aliphatic carbocycles.